The zero-order chi connectivity index (χ0) is 9.97. The van der Waals surface area contributed by atoms with Gasteiger partial charge in [-0.05, 0) is 19.1 Å². The zero-order valence-corrected chi connectivity index (χ0v) is 8.32. The van der Waals surface area contributed by atoms with E-state index in [9.17, 15) is 0 Å². The fourth-order valence-corrected chi connectivity index (χ4v) is 1.21. The van der Waals surface area contributed by atoms with Crippen LogP contribution in [0.3, 0.4) is 0 Å². The summed E-state index contributed by atoms with van der Waals surface area (Å²) in [6, 6.07) is 8.04. The van der Waals surface area contributed by atoms with Crippen molar-refractivity contribution in [1.29, 1.82) is 0 Å². The first-order valence-corrected chi connectivity index (χ1v) is 4.69. The molecule has 0 bridgehead atoms. The van der Waals surface area contributed by atoms with Gasteiger partial charge in [0.05, 0.1) is 0 Å². The number of benzene rings is 1. The monoisotopic (exact) mass is 188 g/mol. The van der Waals surface area contributed by atoms with E-state index < -0.39 is 0 Å². The third-order valence-electron chi connectivity index (χ3n) is 2.07. The summed E-state index contributed by atoms with van der Waals surface area (Å²) in [4.78, 5) is 0. The predicted octanol–water partition coefficient (Wildman–Crippen LogP) is 2.61. The molecule has 1 heterocycles. The van der Waals surface area contributed by atoms with E-state index in [-0.39, 0.29) is 0 Å². The second-order valence-electron chi connectivity index (χ2n) is 3.22. The van der Waals surface area contributed by atoms with Gasteiger partial charge in [0.1, 0.15) is 0 Å². The van der Waals surface area contributed by atoms with Gasteiger partial charge in [0.15, 0.2) is 0 Å². The molecular weight excluding hydrogens is 176 g/mol. The van der Waals surface area contributed by atoms with Crippen LogP contribution in [-0.2, 0) is 6.42 Å². The van der Waals surface area contributed by atoms with Crippen LogP contribution < -0.4 is 0 Å². The van der Waals surface area contributed by atoms with Gasteiger partial charge in [0.2, 0.25) is 11.8 Å². The zero-order valence-electron chi connectivity index (χ0n) is 8.32. The first kappa shape index (κ1) is 8.94. The summed E-state index contributed by atoms with van der Waals surface area (Å²) in [7, 11) is 0. The summed E-state index contributed by atoms with van der Waals surface area (Å²) in [5, 5.41) is 7.89. The van der Waals surface area contributed by atoms with Crippen molar-refractivity contribution in [1.82, 2.24) is 10.2 Å². The fourth-order valence-electron chi connectivity index (χ4n) is 1.21. The van der Waals surface area contributed by atoms with Crippen LogP contribution >= 0.6 is 0 Å². The molecule has 0 spiro atoms. The second kappa shape index (κ2) is 3.62. The highest BCUT2D eigenvalue weighted by Gasteiger charge is 2.05. The lowest BCUT2D eigenvalue weighted by molar-refractivity contribution is 0.513. The minimum absolute atomic E-state index is 0.599. The van der Waals surface area contributed by atoms with Crippen LogP contribution in [-0.4, -0.2) is 10.2 Å². The Morgan fingerprint density at radius 1 is 1.14 bits per heavy atom. The topological polar surface area (TPSA) is 38.9 Å². The van der Waals surface area contributed by atoms with Crippen molar-refractivity contribution in [3.8, 4) is 11.5 Å². The van der Waals surface area contributed by atoms with Gasteiger partial charge in [-0.1, -0.05) is 24.6 Å². The molecule has 1 aromatic carbocycles. The summed E-state index contributed by atoms with van der Waals surface area (Å²) >= 11 is 0. The lowest BCUT2D eigenvalue weighted by Crippen LogP contribution is -1.78. The van der Waals surface area contributed by atoms with Crippen molar-refractivity contribution in [2.75, 3.05) is 0 Å². The maximum absolute atomic E-state index is 5.44. The van der Waals surface area contributed by atoms with E-state index in [1.807, 2.05) is 31.2 Å². The Bertz CT molecular complexity index is 417. The second-order valence-corrected chi connectivity index (χ2v) is 3.22. The van der Waals surface area contributed by atoms with E-state index in [2.05, 4.69) is 17.1 Å². The maximum Gasteiger partial charge on any atom is 0.247 e. The molecule has 2 aromatic rings. The standard InChI is InChI=1S/C11H12N2O/c1-3-10-12-13-11(14-10)9-6-4-8(2)5-7-9/h4-7H,3H2,1-2H3. The molecule has 0 radical (unpaired) electrons. The molecule has 0 aliphatic rings. The van der Waals surface area contributed by atoms with E-state index in [4.69, 9.17) is 4.42 Å². The van der Waals surface area contributed by atoms with Crippen LogP contribution in [0.4, 0.5) is 0 Å². The molecule has 3 nitrogen and oxygen atoms in total. The van der Waals surface area contributed by atoms with E-state index in [1.165, 1.54) is 5.56 Å². The summed E-state index contributed by atoms with van der Waals surface area (Å²) < 4.78 is 5.44. The molecule has 1 aromatic heterocycles. The van der Waals surface area contributed by atoms with Crippen LogP contribution in [0.15, 0.2) is 28.7 Å². The van der Waals surface area contributed by atoms with Crippen LogP contribution in [0.5, 0.6) is 0 Å². The molecule has 14 heavy (non-hydrogen) atoms. The van der Waals surface area contributed by atoms with Crippen LogP contribution in [0, 0.1) is 6.92 Å². The Labute approximate surface area is 82.8 Å². The van der Waals surface area contributed by atoms with Crippen molar-refractivity contribution in [2.45, 2.75) is 20.3 Å². The summed E-state index contributed by atoms with van der Waals surface area (Å²) in [5.74, 6) is 1.28. The molecule has 0 N–H and O–H groups in total. The molecule has 0 amide bonds. The molecule has 0 saturated carbocycles. The number of hydrogen-bond donors (Lipinski definition) is 0. The average Bonchev–Trinajstić information content (AvgIpc) is 2.67. The van der Waals surface area contributed by atoms with Crippen molar-refractivity contribution in [2.24, 2.45) is 0 Å². The van der Waals surface area contributed by atoms with Crippen molar-refractivity contribution < 1.29 is 4.42 Å². The smallest absolute Gasteiger partial charge is 0.247 e. The van der Waals surface area contributed by atoms with Crippen molar-refractivity contribution >= 4 is 0 Å². The molecule has 0 unspecified atom stereocenters. The van der Waals surface area contributed by atoms with Gasteiger partial charge >= 0.3 is 0 Å². The van der Waals surface area contributed by atoms with Crippen molar-refractivity contribution in [3.05, 3.63) is 35.7 Å². The highest BCUT2D eigenvalue weighted by atomic mass is 16.4. The van der Waals surface area contributed by atoms with Gasteiger partial charge in [-0.2, -0.15) is 0 Å². The Hall–Kier alpha value is -1.64. The Morgan fingerprint density at radius 3 is 2.43 bits per heavy atom. The quantitative estimate of drug-likeness (QED) is 0.727. The highest BCUT2D eigenvalue weighted by molar-refractivity contribution is 5.52. The molecule has 0 aliphatic carbocycles. The third kappa shape index (κ3) is 1.66. The van der Waals surface area contributed by atoms with Crippen LogP contribution in [0.25, 0.3) is 11.5 Å². The van der Waals surface area contributed by atoms with E-state index in [0.717, 1.165) is 12.0 Å². The Balaban J connectivity index is 2.34. The number of aryl methyl sites for hydroxylation is 2. The highest BCUT2D eigenvalue weighted by Crippen LogP contribution is 2.17. The van der Waals surface area contributed by atoms with Crippen molar-refractivity contribution in [3.63, 3.8) is 0 Å². The SMILES string of the molecule is CCc1nnc(-c2ccc(C)cc2)o1. The molecule has 0 saturated heterocycles. The molecule has 72 valence electrons. The predicted molar refractivity (Wildman–Crippen MR) is 53.8 cm³/mol. The third-order valence-corrected chi connectivity index (χ3v) is 2.07. The van der Waals surface area contributed by atoms with Gasteiger partial charge in [-0.15, -0.1) is 10.2 Å². The fraction of sp³-hybridized carbons (Fsp3) is 0.273. The lowest BCUT2D eigenvalue weighted by Gasteiger charge is -1.94. The molecule has 0 atom stereocenters. The van der Waals surface area contributed by atoms with Gasteiger partial charge in [-0.25, -0.2) is 0 Å². The minimum atomic E-state index is 0.599. The Kier molecular flexibility index (Phi) is 2.31. The summed E-state index contributed by atoms with van der Waals surface area (Å²) in [5.41, 5.74) is 2.20. The number of hydrogen-bond acceptors (Lipinski definition) is 3. The van der Waals surface area contributed by atoms with Gasteiger partial charge in [0.25, 0.3) is 0 Å². The number of aromatic nitrogens is 2. The molecular formula is C11H12N2O. The van der Waals surface area contributed by atoms with E-state index in [0.29, 0.717) is 11.8 Å². The summed E-state index contributed by atoms with van der Waals surface area (Å²) in [6.07, 6.45) is 0.777. The Morgan fingerprint density at radius 2 is 1.86 bits per heavy atom. The van der Waals surface area contributed by atoms with Crippen LogP contribution in [0.2, 0.25) is 0 Å². The van der Waals surface area contributed by atoms with Crippen LogP contribution in [0.1, 0.15) is 18.4 Å². The molecule has 0 aliphatic heterocycles. The molecule has 2 rings (SSSR count). The van der Waals surface area contributed by atoms with E-state index >= 15 is 0 Å². The molecule has 0 fully saturated rings. The largest absolute Gasteiger partial charge is 0.421 e. The number of nitrogens with zero attached hydrogens (tertiary/aromatic N) is 2. The summed E-state index contributed by atoms with van der Waals surface area (Å²) in [6.45, 7) is 4.04. The first-order valence-electron chi connectivity index (χ1n) is 4.69. The maximum atomic E-state index is 5.44. The average molecular weight is 188 g/mol. The normalized spacial score (nSPS) is 10.4. The number of rotatable bonds is 2. The van der Waals surface area contributed by atoms with Gasteiger partial charge in [-0.3, -0.25) is 0 Å². The van der Waals surface area contributed by atoms with Gasteiger partial charge in [0, 0.05) is 12.0 Å². The molecule has 3 heteroatoms. The van der Waals surface area contributed by atoms with Gasteiger partial charge < -0.3 is 4.42 Å². The lowest BCUT2D eigenvalue weighted by atomic mass is 10.1. The van der Waals surface area contributed by atoms with E-state index in [1.54, 1.807) is 0 Å². The minimum Gasteiger partial charge on any atom is -0.421 e. The first-order chi connectivity index (χ1) is 6.79.